The molecule has 0 spiro atoms. The largest absolute Gasteiger partial charge is 0.492 e. The predicted octanol–water partition coefficient (Wildman–Crippen LogP) is 19.9. The third-order valence-corrected chi connectivity index (χ3v) is 24.7. The first-order chi connectivity index (χ1) is 71.5. The van der Waals surface area contributed by atoms with Crippen LogP contribution in [0.3, 0.4) is 0 Å². The minimum atomic E-state index is -0.517. The number of carbonyl (C=O) groups is 4. The Morgan fingerprint density at radius 1 is 0.216 bits per heavy atom. The first-order valence-corrected chi connectivity index (χ1v) is 49.6. The lowest BCUT2D eigenvalue weighted by molar-refractivity contribution is -0.123. The van der Waals surface area contributed by atoms with Crippen molar-refractivity contribution in [1.82, 2.24) is 81.1 Å². The van der Waals surface area contributed by atoms with Crippen molar-refractivity contribution in [3.63, 3.8) is 0 Å². The maximum atomic E-state index is 15.0. The molecule has 0 unspecified atom stereocenters. The normalized spacial score (nSPS) is 12.0. The maximum absolute atomic E-state index is 15.0. The van der Waals surface area contributed by atoms with Crippen LogP contribution in [-0.2, 0) is 66.5 Å². The van der Waals surface area contributed by atoms with Crippen LogP contribution in [-0.4, -0.2) is 162 Å². The smallest absolute Gasteiger partial charge is 0.258 e. The second-order valence-corrected chi connectivity index (χ2v) is 40.2. The van der Waals surface area contributed by atoms with Crippen LogP contribution in [0.15, 0.2) is 292 Å². The number of fused-ring (bicyclic) bond motifs is 8. The number of rotatable bonds is 36. The summed E-state index contributed by atoms with van der Waals surface area (Å²) in [6.07, 6.45) is 14.2. The topological polar surface area (TPSA) is 345 Å². The van der Waals surface area contributed by atoms with Gasteiger partial charge >= 0.3 is 0 Å². The standard InChI is InChI=1S/C120H120N16O12/c1-117(2,3)85-57-77-53-79-59-86(118(4,5)6)61-81(114(79)146-74-110(138)130-46-50-142-90-67-103(95-31-15-23-39-123-95)134-104(68-90)96-32-16-24-40-124-96)55-83-63-88(120(10,11)12)64-84(116(83)148-76-112(140)132-48-52-144-92-71-107(99-35-19-27-43-127-99)136-108(72-92)100-36-20-28-44-128-100)56-82-62-87(119(7,8)9)60-80(115(82)147-75-111(139)131-47-51-143-91-69-105(97-33-17-25-41-125-97)135-106(70-91)98-34-18-26-42-126-98)54-78(58-85)113(77)145-73-109(137)129-45-49-141-89-65-101(93-29-13-21-37-121-93)133-102(66-89)94-30-14-22-38-122-94/h13-44,57-72H,45-56,73-76H2,1-12H3,(H,129,137)(H,130,138)(H,131,139)(H,132,140). The zero-order chi connectivity index (χ0) is 103. The summed E-state index contributed by atoms with van der Waals surface area (Å²) in [6.45, 7) is 24.7. The zero-order valence-electron chi connectivity index (χ0n) is 85.3. The molecule has 16 aromatic rings. The Hall–Kier alpha value is -17.0. The van der Waals surface area contributed by atoms with Crippen molar-refractivity contribution in [3.05, 3.63) is 359 Å². The van der Waals surface area contributed by atoms with Crippen LogP contribution in [0.25, 0.3) is 91.1 Å². The summed E-state index contributed by atoms with van der Waals surface area (Å²) in [5, 5.41) is 12.3. The van der Waals surface area contributed by atoms with Crippen molar-refractivity contribution >= 4 is 23.6 Å². The number of amides is 4. The predicted molar refractivity (Wildman–Crippen MR) is 571 cm³/mol. The van der Waals surface area contributed by atoms with Gasteiger partial charge in [0.15, 0.2) is 26.4 Å². The Kier molecular flexibility index (Phi) is 32.4. The van der Waals surface area contributed by atoms with Gasteiger partial charge in [0.05, 0.1) is 117 Å². The van der Waals surface area contributed by atoms with Gasteiger partial charge in [-0.05, 0) is 185 Å². The van der Waals surface area contributed by atoms with Crippen molar-refractivity contribution in [3.8, 4) is 137 Å². The molecule has 4 N–H and O–H groups in total. The zero-order valence-corrected chi connectivity index (χ0v) is 85.3. The van der Waals surface area contributed by atoms with E-state index in [9.17, 15) is 19.2 Å². The molecule has 0 aliphatic heterocycles. The number of carbonyl (C=O) groups excluding carboxylic acids is 4. The summed E-state index contributed by atoms with van der Waals surface area (Å²) in [5.41, 5.74) is 17.0. The summed E-state index contributed by atoms with van der Waals surface area (Å²) < 4.78 is 54.7. The molecule has 752 valence electrons. The van der Waals surface area contributed by atoms with Crippen molar-refractivity contribution < 1.29 is 57.1 Å². The molecule has 4 amide bonds. The molecular formula is C120H120N16O12. The Morgan fingerprint density at radius 2 is 0.372 bits per heavy atom. The third-order valence-electron chi connectivity index (χ3n) is 24.7. The van der Waals surface area contributed by atoms with Crippen LogP contribution in [0.5, 0.6) is 46.0 Å². The van der Waals surface area contributed by atoms with Crippen LogP contribution in [0.2, 0.25) is 0 Å². The Morgan fingerprint density at radius 3 is 0.507 bits per heavy atom. The van der Waals surface area contributed by atoms with Crippen molar-refractivity contribution in [1.29, 1.82) is 0 Å². The summed E-state index contributed by atoms with van der Waals surface area (Å²) in [5.74, 6) is 1.90. The highest BCUT2D eigenvalue weighted by atomic mass is 16.5. The highest BCUT2D eigenvalue weighted by Gasteiger charge is 2.32. The Labute approximate surface area is 862 Å². The molecule has 17 rings (SSSR count). The molecule has 28 nitrogen and oxygen atoms in total. The molecule has 0 atom stereocenters. The monoisotopic (exact) mass is 1980 g/mol. The van der Waals surface area contributed by atoms with Gasteiger partial charge in [-0.3, -0.25) is 59.0 Å². The summed E-state index contributed by atoms with van der Waals surface area (Å²) in [6, 6.07) is 76.5. The van der Waals surface area contributed by atoms with Crippen molar-refractivity contribution in [2.24, 2.45) is 0 Å². The van der Waals surface area contributed by atoms with E-state index in [-0.39, 0.29) is 78.3 Å². The minimum Gasteiger partial charge on any atom is -0.492 e. The number of nitrogens with one attached hydrogen (secondary N) is 4. The van der Waals surface area contributed by atoms with Crippen molar-refractivity contribution in [2.45, 2.75) is 130 Å². The SMILES string of the molecule is CC(C)(C)c1cc2c(OCC(=O)NCCOc3cc(-c4ccccn4)nc(-c4ccccn4)c3)c(c1)Cc1cc(C(C)(C)C)cc(c1OCC(=O)NCCOc1cc(-c3ccccn3)nc(-c3ccccn3)c1)Cc1cc(C(C)(C)C)cc(c1OCC(=O)NCCOc1cc(-c3ccccn3)nc(-c3ccccn3)c1)Cc1cc(C(C)(C)C)cc(c1OCC(=O)NCCOc1cc(-c3ccccn3)nc(-c3ccccn3)c1)C2. The van der Waals surface area contributed by atoms with Gasteiger partial charge in [-0.1, -0.05) is 180 Å². The van der Waals surface area contributed by atoms with E-state index in [0.29, 0.717) is 182 Å². The van der Waals surface area contributed by atoms with Gasteiger partial charge in [-0.15, -0.1) is 0 Å². The highest BCUT2D eigenvalue weighted by Crippen LogP contribution is 2.46. The van der Waals surface area contributed by atoms with Crippen molar-refractivity contribution in [2.75, 3.05) is 79.0 Å². The molecular weight excluding hydrogens is 1860 g/mol. The maximum Gasteiger partial charge on any atom is 0.258 e. The van der Waals surface area contributed by atoms with Gasteiger partial charge in [0.2, 0.25) is 0 Å². The molecule has 1 aliphatic rings. The summed E-state index contributed by atoms with van der Waals surface area (Å²) in [7, 11) is 0. The van der Waals surface area contributed by atoms with Gasteiger partial charge < -0.3 is 59.2 Å². The van der Waals surface area contributed by atoms with Crippen LogP contribution >= 0.6 is 0 Å². The van der Waals surface area contributed by atoms with E-state index in [0.717, 1.165) is 22.3 Å². The minimum absolute atomic E-state index is 0.0680. The first-order valence-electron chi connectivity index (χ1n) is 49.6. The molecule has 4 aromatic carbocycles. The molecule has 0 fully saturated rings. The highest BCUT2D eigenvalue weighted by molar-refractivity contribution is 5.80. The fourth-order valence-corrected chi connectivity index (χ4v) is 17.1. The van der Waals surface area contributed by atoms with Crippen LogP contribution < -0.4 is 59.2 Å². The molecule has 8 bridgehead atoms. The van der Waals surface area contributed by atoms with Gasteiger partial charge in [-0.25, -0.2) is 19.9 Å². The number of benzene rings is 4. The molecule has 12 heterocycles. The van der Waals surface area contributed by atoms with E-state index in [4.69, 9.17) is 57.8 Å². The molecule has 148 heavy (non-hydrogen) atoms. The molecule has 12 aromatic heterocycles. The van der Waals surface area contributed by atoms with Crippen LogP contribution in [0.1, 0.15) is 150 Å². The lowest BCUT2D eigenvalue weighted by Crippen LogP contribution is -2.33. The molecule has 0 saturated heterocycles. The van der Waals surface area contributed by atoms with E-state index in [1.54, 1.807) is 49.6 Å². The van der Waals surface area contributed by atoms with Gasteiger partial charge in [0.1, 0.15) is 72.4 Å². The molecule has 0 saturated carbocycles. The third kappa shape index (κ3) is 27.1. The quantitative estimate of drug-likeness (QED) is 0.0265. The fraction of sp³-hybridized carbons (Fsp3) is 0.267. The molecule has 0 radical (unpaired) electrons. The number of nitrogens with zero attached hydrogens (tertiary/aromatic N) is 12. The van der Waals surface area contributed by atoms with E-state index in [1.165, 1.54) is 0 Å². The number of hydrogen-bond acceptors (Lipinski definition) is 24. The lowest BCUT2D eigenvalue weighted by Gasteiger charge is -2.29. The number of aromatic nitrogens is 12. The van der Waals surface area contributed by atoms with Crippen LogP contribution in [0, 0.1) is 0 Å². The summed E-state index contributed by atoms with van der Waals surface area (Å²) >= 11 is 0. The average molecular weight is 1980 g/mol. The van der Waals surface area contributed by atoms with Crippen LogP contribution in [0.4, 0.5) is 0 Å². The Balaban J connectivity index is 0.748. The van der Waals surface area contributed by atoms with E-state index in [1.807, 2.05) is 194 Å². The van der Waals surface area contributed by atoms with Gasteiger partial charge in [-0.2, -0.15) is 0 Å². The van der Waals surface area contributed by atoms with E-state index >= 15 is 0 Å². The van der Waals surface area contributed by atoms with E-state index < -0.39 is 71.7 Å². The Bertz CT molecular complexity index is 6150. The van der Waals surface area contributed by atoms with E-state index in [2.05, 4.69) is 193 Å². The number of hydrogen-bond donors (Lipinski definition) is 4. The molecule has 28 heteroatoms. The summed E-state index contributed by atoms with van der Waals surface area (Å²) in [4.78, 5) is 116. The first kappa shape index (κ1) is 102. The average Bonchev–Trinajstić information content (AvgIpc) is 0.757. The fourth-order valence-electron chi connectivity index (χ4n) is 17.1. The van der Waals surface area contributed by atoms with Gasteiger partial charge in [0, 0.05) is 124 Å². The second-order valence-electron chi connectivity index (χ2n) is 40.2. The molecule has 1 aliphatic carbocycles. The lowest BCUT2D eigenvalue weighted by atomic mass is 9.79. The second kappa shape index (κ2) is 46.8. The number of pyridine rings is 12. The number of ether oxygens (including phenoxy) is 8. The van der Waals surface area contributed by atoms with Gasteiger partial charge in [0.25, 0.3) is 23.6 Å².